The SMILES string of the molecule is CN1CCN(Cc2cccc(C(=O)Nc3ccccc3CC(=O)O)c2)CC1. The average Bonchev–Trinajstić information content (AvgIpc) is 2.65. The van der Waals surface area contributed by atoms with E-state index in [2.05, 4.69) is 22.2 Å². The monoisotopic (exact) mass is 367 g/mol. The normalized spacial score (nSPS) is 15.4. The Bertz CT molecular complexity index is 814. The van der Waals surface area contributed by atoms with E-state index in [4.69, 9.17) is 5.11 Å². The van der Waals surface area contributed by atoms with E-state index in [1.54, 1.807) is 30.3 Å². The smallest absolute Gasteiger partial charge is 0.307 e. The number of nitrogens with one attached hydrogen (secondary N) is 1. The van der Waals surface area contributed by atoms with Crippen LogP contribution in [0.3, 0.4) is 0 Å². The molecule has 0 bridgehead atoms. The quantitative estimate of drug-likeness (QED) is 0.820. The van der Waals surface area contributed by atoms with Crippen LogP contribution in [0.5, 0.6) is 0 Å². The predicted molar refractivity (Wildman–Crippen MR) is 105 cm³/mol. The van der Waals surface area contributed by atoms with Gasteiger partial charge in [-0.05, 0) is 36.4 Å². The molecule has 142 valence electrons. The maximum absolute atomic E-state index is 12.7. The van der Waals surface area contributed by atoms with Crippen LogP contribution in [0.25, 0.3) is 0 Å². The van der Waals surface area contributed by atoms with E-state index in [-0.39, 0.29) is 12.3 Å². The zero-order valence-electron chi connectivity index (χ0n) is 15.5. The Morgan fingerprint density at radius 1 is 1.04 bits per heavy atom. The topological polar surface area (TPSA) is 72.9 Å². The van der Waals surface area contributed by atoms with E-state index in [0.29, 0.717) is 16.8 Å². The maximum atomic E-state index is 12.7. The lowest BCUT2D eigenvalue weighted by Gasteiger charge is -2.32. The molecule has 1 heterocycles. The van der Waals surface area contributed by atoms with E-state index in [0.717, 1.165) is 38.3 Å². The Morgan fingerprint density at radius 2 is 1.78 bits per heavy atom. The summed E-state index contributed by atoms with van der Waals surface area (Å²) in [5.41, 5.74) is 2.80. The molecule has 1 aliphatic rings. The van der Waals surface area contributed by atoms with E-state index in [1.165, 1.54) is 0 Å². The molecule has 0 aromatic heterocycles. The van der Waals surface area contributed by atoms with Crippen LogP contribution in [-0.2, 0) is 17.8 Å². The minimum atomic E-state index is -0.925. The van der Waals surface area contributed by atoms with Gasteiger partial charge in [0.25, 0.3) is 5.91 Å². The largest absolute Gasteiger partial charge is 0.481 e. The number of carboxylic acid groups (broad SMARTS) is 1. The van der Waals surface area contributed by atoms with Gasteiger partial charge in [0.05, 0.1) is 6.42 Å². The second-order valence-electron chi connectivity index (χ2n) is 6.96. The molecule has 0 aliphatic carbocycles. The number of hydrogen-bond donors (Lipinski definition) is 2. The minimum absolute atomic E-state index is 0.125. The van der Waals surface area contributed by atoms with Gasteiger partial charge >= 0.3 is 5.97 Å². The lowest BCUT2D eigenvalue weighted by molar-refractivity contribution is -0.136. The van der Waals surface area contributed by atoms with E-state index in [9.17, 15) is 9.59 Å². The van der Waals surface area contributed by atoms with E-state index in [1.807, 2.05) is 18.2 Å². The van der Waals surface area contributed by atoms with Gasteiger partial charge in [0, 0.05) is 44.0 Å². The van der Waals surface area contributed by atoms with Crippen molar-refractivity contribution in [1.29, 1.82) is 0 Å². The Hall–Kier alpha value is -2.70. The number of aliphatic carboxylic acids is 1. The van der Waals surface area contributed by atoms with Crippen molar-refractivity contribution in [3.8, 4) is 0 Å². The highest BCUT2D eigenvalue weighted by Crippen LogP contribution is 2.18. The molecule has 1 saturated heterocycles. The second kappa shape index (κ2) is 8.79. The lowest BCUT2D eigenvalue weighted by Crippen LogP contribution is -2.43. The fraction of sp³-hybridized carbons (Fsp3) is 0.333. The highest BCUT2D eigenvalue weighted by Gasteiger charge is 2.15. The number of benzene rings is 2. The van der Waals surface area contributed by atoms with Crippen LogP contribution in [0.2, 0.25) is 0 Å². The van der Waals surface area contributed by atoms with Crippen molar-refractivity contribution in [2.45, 2.75) is 13.0 Å². The molecule has 0 unspecified atom stereocenters. The summed E-state index contributed by atoms with van der Waals surface area (Å²) in [5, 5.41) is 11.9. The van der Waals surface area contributed by atoms with Gasteiger partial charge in [0.15, 0.2) is 0 Å². The number of carboxylic acids is 1. The summed E-state index contributed by atoms with van der Waals surface area (Å²) in [6, 6.07) is 14.6. The van der Waals surface area contributed by atoms with Crippen LogP contribution in [0.1, 0.15) is 21.5 Å². The predicted octanol–water partition coefficient (Wildman–Crippen LogP) is 2.31. The zero-order valence-corrected chi connectivity index (χ0v) is 15.5. The molecule has 27 heavy (non-hydrogen) atoms. The number of carbonyl (C=O) groups excluding carboxylic acids is 1. The molecule has 1 fully saturated rings. The van der Waals surface area contributed by atoms with E-state index >= 15 is 0 Å². The first kappa shape index (κ1) is 19.1. The molecule has 0 spiro atoms. The zero-order chi connectivity index (χ0) is 19.2. The third-order valence-electron chi connectivity index (χ3n) is 4.80. The van der Waals surface area contributed by atoms with Crippen LogP contribution in [0, 0.1) is 0 Å². The first-order chi connectivity index (χ1) is 13.0. The highest BCUT2D eigenvalue weighted by atomic mass is 16.4. The van der Waals surface area contributed by atoms with Gasteiger partial charge in [-0.25, -0.2) is 0 Å². The molecular formula is C21H25N3O3. The maximum Gasteiger partial charge on any atom is 0.307 e. The Kier molecular flexibility index (Phi) is 6.21. The first-order valence-corrected chi connectivity index (χ1v) is 9.12. The van der Waals surface area contributed by atoms with Crippen molar-refractivity contribution < 1.29 is 14.7 Å². The number of amides is 1. The molecule has 1 amide bonds. The number of anilines is 1. The molecule has 2 aromatic carbocycles. The van der Waals surface area contributed by atoms with Crippen molar-refractivity contribution in [2.24, 2.45) is 0 Å². The number of para-hydroxylation sites is 1. The van der Waals surface area contributed by atoms with Gasteiger partial charge in [-0.15, -0.1) is 0 Å². The van der Waals surface area contributed by atoms with Crippen molar-refractivity contribution in [2.75, 3.05) is 38.5 Å². The third kappa shape index (κ3) is 5.39. The van der Waals surface area contributed by atoms with Crippen molar-refractivity contribution in [1.82, 2.24) is 9.80 Å². The fourth-order valence-corrected chi connectivity index (χ4v) is 3.23. The van der Waals surface area contributed by atoms with Gasteiger partial charge in [0.1, 0.15) is 0 Å². The van der Waals surface area contributed by atoms with Crippen molar-refractivity contribution in [3.05, 3.63) is 65.2 Å². The summed E-state index contributed by atoms with van der Waals surface area (Å²) in [4.78, 5) is 28.4. The highest BCUT2D eigenvalue weighted by molar-refractivity contribution is 6.05. The van der Waals surface area contributed by atoms with Crippen molar-refractivity contribution >= 4 is 17.6 Å². The minimum Gasteiger partial charge on any atom is -0.481 e. The molecular weight excluding hydrogens is 342 g/mol. The molecule has 0 radical (unpaired) electrons. The van der Waals surface area contributed by atoms with Crippen molar-refractivity contribution in [3.63, 3.8) is 0 Å². The molecule has 0 atom stereocenters. The number of carbonyl (C=O) groups is 2. The summed E-state index contributed by atoms with van der Waals surface area (Å²) in [5.74, 6) is -1.15. The molecule has 3 rings (SSSR count). The number of nitrogens with zero attached hydrogens (tertiary/aromatic N) is 2. The molecule has 2 N–H and O–H groups in total. The standard InChI is InChI=1S/C21H25N3O3/c1-23-9-11-24(12-10-23)15-16-5-4-7-18(13-16)21(27)22-19-8-3-2-6-17(19)14-20(25)26/h2-8,13H,9-12,14-15H2,1H3,(H,22,27)(H,25,26). The molecule has 6 nitrogen and oxygen atoms in total. The molecule has 0 saturated carbocycles. The second-order valence-corrected chi connectivity index (χ2v) is 6.96. The van der Waals surface area contributed by atoms with Crippen LogP contribution >= 0.6 is 0 Å². The Morgan fingerprint density at radius 3 is 2.52 bits per heavy atom. The van der Waals surface area contributed by atoms with Gasteiger partial charge < -0.3 is 15.3 Å². The number of likely N-dealkylation sites (N-methyl/N-ethyl adjacent to an activating group) is 1. The number of rotatable bonds is 6. The number of piperazine rings is 1. The fourth-order valence-electron chi connectivity index (χ4n) is 3.23. The van der Waals surface area contributed by atoms with Gasteiger partial charge in [0.2, 0.25) is 0 Å². The van der Waals surface area contributed by atoms with E-state index < -0.39 is 5.97 Å². The Labute approximate surface area is 159 Å². The third-order valence-corrected chi connectivity index (χ3v) is 4.80. The van der Waals surface area contributed by atoms with Gasteiger partial charge in [-0.3, -0.25) is 14.5 Å². The number of hydrogen-bond acceptors (Lipinski definition) is 4. The van der Waals surface area contributed by atoms with Gasteiger partial charge in [-0.1, -0.05) is 30.3 Å². The molecule has 6 heteroatoms. The lowest BCUT2D eigenvalue weighted by atomic mass is 10.1. The first-order valence-electron chi connectivity index (χ1n) is 9.12. The summed E-state index contributed by atoms with van der Waals surface area (Å²) >= 11 is 0. The van der Waals surface area contributed by atoms with Gasteiger partial charge in [-0.2, -0.15) is 0 Å². The summed E-state index contributed by atoms with van der Waals surface area (Å²) < 4.78 is 0. The summed E-state index contributed by atoms with van der Waals surface area (Å²) in [7, 11) is 2.13. The molecule has 2 aromatic rings. The van der Waals surface area contributed by atoms with Crippen LogP contribution in [-0.4, -0.2) is 60.0 Å². The average molecular weight is 367 g/mol. The Balaban J connectivity index is 1.68. The van der Waals surface area contributed by atoms with Crippen LogP contribution in [0.4, 0.5) is 5.69 Å². The summed E-state index contributed by atoms with van der Waals surface area (Å²) in [6.07, 6.45) is -0.125. The van der Waals surface area contributed by atoms with Crippen LogP contribution < -0.4 is 5.32 Å². The molecule has 1 aliphatic heterocycles. The summed E-state index contributed by atoms with van der Waals surface area (Å²) in [6.45, 7) is 4.98. The van der Waals surface area contributed by atoms with Crippen LogP contribution in [0.15, 0.2) is 48.5 Å².